The van der Waals surface area contributed by atoms with Gasteiger partial charge < -0.3 is 9.84 Å². The maximum atomic E-state index is 12.8. The molecule has 0 amide bonds. The summed E-state index contributed by atoms with van der Waals surface area (Å²) in [6.45, 7) is 2.03. The van der Waals surface area contributed by atoms with Crippen LogP contribution in [0.5, 0.6) is 0 Å². The van der Waals surface area contributed by atoms with Gasteiger partial charge in [-0.05, 0) is 18.3 Å². The fraction of sp³-hybridized carbons (Fsp3) is 0.900. The molecule has 1 rings (SSSR count). The Bertz CT molecular complexity index is 257. The second-order valence-electron chi connectivity index (χ2n) is 4.46. The lowest BCUT2D eigenvalue weighted by atomic mass is 9.69. The number of hydrogen-bond acceptors (Lipinski definition) is 2. The second-order valence-corrected chi connectivity index (χ2v) is 4.46. The number of carbonyl (C=O) groups is 1. The molecule has 0 aromatic heterocycles. The summed E-state index contributed by atoms with van der Waals surface area (Å²) in [5, 5.41) is 8.56. The van der Waals surface area contributed by atoms with Crippen LogP contribution in [0.1, 0.15) is 26.2 Å². The van der Waals surface area contributed by atoms with E-state index in [9.17, 15) is 18.0 Å². The number of halogens is 3. The van der Waals surface area contributed by atoms with Gasteiger partial charge >= 0.3 is 12.1 Å². The van der Waals surface area contributed by atoms with E-state index in [1.807, 2.05) is 0 Å². The highest BCUT2D eigenvalue weighted by Gasteiger charge is 2.52. The third-order valence-corrected chi connectivity index (χ3v) is 3.25. The van der Waals surface area contributed by atoms with E-state index in [2.05, 4.69) is 0 Å². The van der Waals surface area contributed by atoms with Crippen LogP contribution in [0.3, 0.4) is 0 Å². The largest absolute Gasteiger partial charge is 0.481 e. The van der Waals surface area contributed by atoms with Gasteiger partial charge in [0.25, 0.3) is 0 Å². The lowest BCUT2D eigenvalue weighted by molar-refractivity contribution is -0.220. The number of carboxylic acid groups (broad SMARTS) is 1. The van der Waals surface area contributed by atoms with E-state index in [0.717, 1.165) is 0 Å². The predicted octanol–water partition coefficient (Wildman–Crippen LogP) is 2.46. The van der Waals surface area contributed by atoms with Gasteiger partial charge in [0.05, 0.1) is 12.3 Å². The number of alkyl halides is 3. The van der Waals surface area contributed by atoms with Crippen LogP contribution in [0.4, 0.5) is 13.2 Å². The number of hydrogen-bond donors (Lipinski definition) is 1. The van der Waals surface area contributed by atoms with Crippen molar-refractivity contribution >= 4 is 5.97 Å². The quantitative estimate of drug-likeness (QED) is 0.824. The van der Waals surface area contributed by atoms with Crippen LogP contribution in [0.25, 0.3) is 0 Å². The molecular weight excluding hydrogens is 225 g/mol. The molecule has 1 aliphatic heterocycles. The first-order valence-corrected chi connectivity index (χ1v) is 5.12. The van der Waals surface area contributed by atoms with Crippen molar-refractivity contribution < 1.29 is 27.8 Å². The molecule has 0 bridgehead atoms. The van der Waals surface area contributed by atoms with E-state index >= 15 is 0 Å². The molecule has 1 atom stereocenters. The van der Waals surface area contributed by atoms with E-state index in [1.54, 1.807) is 0 Å². The van der Waals surface area contributed by atoms with Crippen LogP contribution in [-0.2, 0) is 9.53 Å². The highest BCUT2D eigenvalue weighted by molar-refractivity contribution is 5.67. The standard InChI is InChI=1S/C10H15F3O3/c1-9(2-4-16-5-3-9)7(6-8(14)15)10(11,12)13/h7H,2-6H2,1H3,(H,14,15). The minimum absolute atomic E-state index is 0.254. The van der Waals surface area contributed by atoms with Crippen LogP contribution in [0.2, 0.25) is 0 Å². The fourth-order valence-corrected chi connectivity index (χ4v) is 2.12. The average Bonchev–Trinajstić information content (AvgIpc) is 2.13. The summed E-state index contributed by atoms with van der Waals surface area (Å²) in [6, 6.07) is 0. The molecular formula is C10H15F3O3. The summed E-state index contributed by atoms with van der Waals surface area (Å²) in [4.78, 5) is 10.5. The van der Waals surface area contributed by atoms with Gasteiger partial charge in [-0.25, -0.2) is 0 Å². The lowest BCUT2D eigenvalue weighted by Crippen LogP contribution is -2.43. The predicted molar refractivity (Wildman–Crippen MR) is 50.0 cm³/mol. The van der Waals surface area contributed by atoms with Gasteiger partial charge in [0.15, 0.2) is 0 Å². The molecule has 1 unspecified atom stereocenters. The van der Waals surface area contributed by atoms with Crippen molar-refractivity contribution in [3.05, 3.63) is 0 Å². The summed E-state index contributed by atoms with van der Waals surface area (Å²) in [7, 11) is 0. The Kier molecular flexibility index (Phi) is 3.83. The maximum absolute atomic E-state index is 12.8. The minimum atomic E-state index is -4.47. The van der Waals surface area contributed by atoms with E-state index in [1.165, 1.54) is 6.92 Å². The summed E-state index contributed by atoms with van der Waals surface area (Å²) in [5.74, 6) is -3.20. The highest BCUT2D eigenvalue weighted by atomic mass is 19.4. The molecule has 1 heterocycles. The second kappa shape index (κ2) is 4.61. The Hall–Kier alpha value is -0.780. The smallest absolute Gasteiger partial charge is 0.392 e. The van der Waals surface area contributed by atoms with Crippen molar-refractivity contribution in [2.75, 3.05) is 13.2 Å². The number of rotatable bonds is 3. The molecule has 1 saturated heterocycles. The Morgan fingerprint density at radius 1 is 1.44 bits per heavy atom. The first-order valence-electron chi connectivity index (χ1n) is 5.12. The molecule has 0 saturated carbocycles. The maximum Gasteiger partial charge on any atom is 0.392 e. The summed E-state index contributed by atoms with van der Waals surface area (Å²) in [5.41, 5.74) is -1.02. The van der Waals surface area contributed by atoms with Crippen molar-refractivity contribution in [1.29, 1.82) is 0 Å². The van der Waals surface area contributed by atoms with Crippen LogP contribution in [-0.4, -0.2) is 30.5 Å². The summed E-state index contributed by atoms with van der Waals surface area (Å²) in [6.07, 6.45) is -4.82. The van der Waals surface area contributed by atoms with Crippen molar-refractivity contribution in [3.8, 4) is 0 Å². The SMILES string of the molecule is CC1(C(CC(=O)O)C(F)(F)F)CCOCC1. The zero-order chi connectivity index (χ0) is 12.4. The molecule has 3 nitrogen and oxygen atoms in total. The molecule has 0 radical (unpaired) electrons. The van der Waals surface area contributed by atoms with Crippen molar-refractivity contribution in [2.24, 2.45) is 11.3 Å². The van der Waals surface area contributed by atoms with E-state index in [4.69, 9.17) is 9.84 Å². The van der Waals surface area contributed by atoms with E-state index < -0.39 is 29.9 Å². The Morgan fingerprint density at radius 2 is 1.94 bits per heavy atom. The van der Waals surface area contributed by atoms with Crippen molar-refractivity contribution in [1.82, 2.24) is 0 Å². The lowest BCUT2D eigenvalue weighted by Gasteiger charge is -2.40. The Balaban J connectivity index is 2.85. The van der Waals surface area contributed by atoms with Gasteiger partial charge in [-0.1, -0.05) is 6.92 Å². The van der Waals surface area contributed by atoms with Gasteiger partial charge in [-0.3, -0.25) is 4.79 Å². The van der Waals surface area contributed by atoms with Gasteiger partial charge in [-0.15, -0.1) is 0 Å². The zero-order valence-electron chi connectivity index (χ0n) is 9.01. The summed E-state index contributed by atoms with van der Waals surface area (Å²) < 4.78 is 43.4. The minimum Gasteiger partial charge on any atom is -0.481 e. The molecule has 94 valence electrons. The third-order valence-electron chi connectivity index (χ3n) is 3.25. The molecule has 6 heteroatoms. The third kappa shape index (κ3) is 3.10. The molecule has 0 aromatic carbocycles. The van der Waals surface area contributed by atoms with Gasteiger partial charge in [0.1, 0.15) is 0 Å². The van der Waals surface area contributed by atoms with Gasteiger partial charge in [0.2, 0.25) is 0 Å². The number of carboxylic acids is 1. The Morgan fingerprint density at radius 3 is 2.31 bits per heavy atom. The highest BCUT2D eigenvalue weighted by Crippen LogP contribution is 2.47. The molecule has 0 aromatic rings. The first-order chi connectivity index (χ1) is 7.26. The molecule has 1 fully saturated rings. The van der Waals surface area contributed by atoms with Crippen LogP contribution < -0.4 is 0 Å². The van der Waals surface area contributed by atoms with Crippen LogP contribution >= 0.6 is 0 Å². The molecule has 1 aliphatic rings. The molecule has 0 aliphatic carbocycles. The topological polar surface area (TPSA) is 46.5 Å². The monoisotopic (exact) mass is 240 g/mol. The molecule has 1 N–H and O–H groups in total. The van der Waals surface area contributed by atoms with Gasteiger partial charge in [-0.2, -0.15) is 13.2 Å². The Labute approximate surface area is 91.6 Å². The summed E-state index contributed by atoms with van der Waals surface area (Å²) >= 11 is 0. The fourth-order valence-electron chi connectivity index (χ4n) is 2.12. The molecule has 16 heavy (non-hydrogen) atoms. The normalized spacial score (nSPS) is 22.8. The van der Waals surface area contributed by atoms with Crippen molar-refractivity contribution in [2.45, 2.75) is 32.4 Å². The van der Waals surface area contributed by atoms with E-state index in [-0.39, 0.29) is 26.1 Å². The number of aliphatic carboxylic acids is 1. The average molecular weight is 240 g/mol. The molecule has 0 spiro atoms. The van der Waals surface area contributed by atoms with Crippen molar-refractivity contribution in [3.63, 3.8) is 0 Å². The van der Waals surface area contributed by atoms with Crippen LogP contribution in [0.15, 0.2) is 0 Å². The van der Waals surface area contributed by atoms with Gasteiger partial charge in [0, 0.05) is 13.2 Å². The first kappa shape index (κ1) is 13.3. The van der Waals surface area contributed by atoms with Crippen LogP contribution in [0, 0.1) is 11.3 Å². The zero-order valence-corrected chi connectivity index (χ0v) is 9.01. The number of ether oxygens (including phenoxy) is 1. The van der Waals surface area contributed by atoms with E-state index in [0.29, 0.717) is 0 Å².